The molecule has 0 aliphatic carbocycles. The summed E-state index contributed by atoms with van der Waals surface area (Å²) in [4.78, 5) is 52.1. The van der Waals surface area contributed by atoms with Gasteiger partial charge < -0.3 is 16.0 Å². The molecule has 0 radical (unpaired) electrons. The lowest BCUT2D eigenvalue weighted by atomic mass is 10.1. The molecule has 138 valence electrons. The van der Waals surface area contributed by atoms with Gasteiger partial charge >= 0.3 is 5.69 Å². The monoisotopic (exact) mass is 366 g/mol. The van der Waals surface area contributed by atoms with Gasteiger partial charge in [-0.05, 0) is 30.7 Å². The molecule has 8 heteroatoms. The average molecular weight is 366 g/mol. The average Bonchev–Trinajstić information content (AvgIpc) is 2.65. The van der Waals surface area contributed by atoms with E-state index in [2.05, 4.69) is 10.3 Å². The van der Waals surface area contributed by atoms with E-state index in [9.17, 15) is 19.2 Å². The second-order valence-corrected chi connectivity index (χ2v) is 5.97. The number of carbonyl (C=O) groups is 2. The number of nitrogens with zero attached hydrogens (tertiary/aromatic N) is 1. The number of carbonyl (C=O) groups excluding carboxylic acids is 2. The number of amides is 2. The lowest BCUT2D eigenvalue weighted by Crippen LogP contribution is -2.42. The molecule has 0 saturated heterocycles. The van der Waals surface area contributed by atoms with E-state index in [0.717, 1.165) is 4.57 Å². The molecular formula is C19H18N4O4. The zero-order valence-corrected chi connectivity index (χ0v) is 14.6. The molecule has 0 aliphatic rings. The molecule has 1 atom stereocenters. The Balaban J connectivity index is 2.05. The van der Waals surface area contributed by atoms with Crippen molar-refractivity contribution >= 4 is 28.4 Å². The van der Waals surface area contributed by atoms with Crippen molar-refractivity contribution in [2.24, 2.45) is 5.73 Å². The van der Waals surface area contributed by atoms with Crippen LogP contribution in [0.1, 0.15) is 29.7 Å². The maximum atomic E-state index is 12.8. The summed E-state index contributed by atoms with van der Waals surface area (Å²) in [6.07, 6.45) is 0.200. The Morgan fingerprint density at radius 2 is 1.78 bits per heavy atom. The van der Waals surface area contributed by atoms with Crippen molar-refractivity contribution in [3.05, 3.63) is 74.9 Å². The predicted molar refractivity (Wildman–Crippen MR) is 102 cm³/mol. The van der Waals surface area contributed by atoms with Gasteiger partial charge in [0.05, 0.1) is 22.2 Å². The van der Waals surface area contributed by atoms with Crippen molar-refractivity contribution in [1.82, 2.24) is 9.55 Å². The summed E-state index contributed by atoms with van der Waals surface area (Å²) < 4.78 is 0.893. The fourth-order valence-electron chi connectivity index (χ4n) is 2.97. The fourth-order valence-corrected chi connectivity index (χ4v) is 2.97. The van der Waals surface area contributed by atoms with Gasteiger partial charge in [-0.1, -0.05) is 31.2 Å². The molecule has 0 saturated carbocycles. The maximum absolute atomic E-state index is 12.8. The molecule has 3 aromatic rings. The minimum Gasteiger partial charge on any atom is -0.366 e. The highest BCUT2D eigenvalue weighted by Gasteiger charge is 2.24. The number of para-hydroxylation sites is 2. The molecule has 3 rings (SSSR count). The number of benzene rings is 2. The van der Waals surface area contributed by atoms with Crippen LogP contribution in [0.3, 0.4) is 0 Å². The van der Waals surface area contributed by atoms with E-state index >= 15 is 0 Å². The molecule has 0 bridgehead atoms. The molecule has 0 fully saturated rings. The normalized spacial score (nSPS) is 11.9. The van der Waals surface area contributed by atoms with E-state index in [0.29, 0.717) is 10.9 Å². The Bertz CT molecular complexity index is 1150. The zero-order chi connectivity index (χ0) is 19.6. The van der Waals surface area contributed by atoms with Crippen molar-refractivity contribution < 1.29 is 9.59 Å². The lowest BCUT2D eigenvalue weighted by Gasteiger charge is -2.18. The first kappa shape index (κ1) is 18.1. The molecule has 0 aliphatic heterocycles. The molecule has 27 heavy (non-hydrogen) atoms. The van der Waals surface area contributed by atoms with Crippen LogP contribution in [-0.2, 0) is 4.79 Å². The second kappa shape index (κ2) is 7.28. The Morgan fingerprint density at radius 1 is 1.11 bits per heavy atom. The first-order valence-corrected chi connectivity index (χ1v) is 8.37. The van der Waals surface area contributed by atoms with Crippen LogP contribution in [0, 0.1) is 0 Å². The largest absolute Gasteiger partial charge is 0.366 e. The van der Waals surface area contributed by atoms with Crippen LogP contribution in [0.25, 0.3) is 10.9 Å². The molecule has 2 amide bonds. The number of aromatic nitrogens is 2. The van der Waals surface area contributed by atoms with Gasteiger partial charge in [0.15, 0.2) is 0 Å². The van der Waals surface area contributed by atoms with Crippen LogP contribution in [0.15, 0.2) is 58.1 Å². The van der Waals surface area contributed by atoms with Gasteiger partial charge in [-0.3, -0.25) is 14.4 Å². The first-order valence-electron chi connectivity index (χ1n) is 8.37. The quantitative estimate of drug-likeness (QED) is 0.630. The molecule has 0 spiro atoms. The smallest absolute Gasteiger partial charge is 0.329 e. The summed E-state index contributed by atoms with van der Waals surface area (Å²) in [5, 5.41) is 2.90. The highest BCUT2D eigenvalue weighted by Crippen LogP contribution is 2.18. The van der Waals surface area contributed by atoms with Gasteiger partial charge in [0.2, 0.25) is 5.91 Å². The number of hydrogen-bond donors (Lipinski definition) is 3. The standard InChI is InChI=1S/C19H18N4O4/c1-2-15(17(25)21-13-9-5-3-7-11(13)16(20)24)23-18(26)12-8-4-6-10-14(12)22-19(23)27/h3-10,15H,2H2,1H3,(H2,20,24)(H,21,25)(H,22,27)/t15-/m0/s1. The predicted octanol–water partition coefficient (Wildman–Crippen LogP) is 1.38. The van der Waals surface area contributed by atoms with Crippen LogP contribution >= 0.6 is 0 Å². The van der Waals surface area contributed by atoms with Gasteiger partial charge in [-0.25, -0.2) is 9.36 Å². The summed E-state index contributed by atoms with van der Waals surface area (Å²) >= 11 is 0. The SMILES string of the molecule is CC[C@@H](C(=O)Nc1ccccc1C(N)=O)n1c(=O)[nH]c2ccccc2c1=O. The third-order valence-electron chi connectivity index (χ3n) is 4.29. The molecule has 1 heterocycles. The zero-order valence-electron chi connectivity index (χ0n) is 14.6. The Morgan fingerprint density at radius 3 is 2.48 bits per heavy atom. The summed E-state index contributed by atoms with van der Waals surface area (Å²) in [7, 11) is 0. The number of aromatic amines is 1. The van der Waals surface area contributed by atoms with Gasteiger partial charge in [0.25, 0.3) is 11.5 Å². The number of fused-ring (bicyclic) bond motifs is 1. The molecule has 0 unspecified atom stereocenters. The van der Waals surface area contributed by atoms with E-state index in [1.807, 2.05) is 0 Å². The van der Waals surface area contributed by atoms with Crippen LogP contribution in [-0.4, -0.2) is 21.4 Å². The number of nitrogens with one attached hydrogen (secondary N) is 2. The number of nitrogens with two attached hydrogens (primary N) is 1. The summed E-state index contributed by atoms with van der Waals surface area (Å²) in [5.74, 6) is -1.28. The number of rotatable bonds is 5. The van der Waals surface area contributed by atoms with Gasteiger partial charge in [-0.2, -0.15) is 0 Å². The van der Waals surface area contributed by atoms with Crippen LogP contribution < -0.4 is 22.3 Å². The Hall–Kier alpha value is -3.68. The molecule has 8 nitrogen and oxygen atoms in total. The third-order valence-corrected chi connectivity index (χ3v) is 4.29. The van der Waals surface area contributed by atoms with Crippen molar-refractivity contribution in [3.8, 4) is 0 Å². The van der Waals surface area contributed by atoms with E-state index in [-0.39, 0.29) is 17.7 Å². The summed E-state index contributed by atoms with van der Waals surface area (Å²) in [5.41, 5.74) is 4.85. The Kier molecular flexibility index (Phi) is 4.89. The van der Waals surface area contributed by atoms with E-state index in [4.69, 9.17) is 5.73 Å². The van der Waals surface area contributed by atoms with E-state index in [1.165, 1.54) is 12.1 Å². The van der Waals surface area contributed by atoms with Crippen LogP contribution in [0.2, 0.25) is 0 Å². The molecule has 2 aromatic carbocycles. The second-order valence-electron chi connectivity index (χ2n) is 5.97. The van der Waals surface area contributed by atoms with Crippen molar-refractivity contribution in [2.75, 3.05) is 5.32 Å². The van der Waals surface area contributed by atoms with Crippen LogP contribution in [0.5, 0.6) is 0 Å². The van der Waals surface area contributed by atoms with Crippen molar-refractivity contribution in [2.45, 2.75) is 19.4 Å². The number of H-pyrrole nitrogens is 1. The molecular weight excluding hydrogens is 348 g/mol. The third kappa shape index (κ3) is 3.37. The first-order chi connectivity index (χ1) is 12.9. The number of primary amides is 1. The molecule has 1 aromatic heterocycles. The fraction of sp³-hybridized carbons (Fsp3) is 0.158. The highest BCUT2D eigenvalue weighted by atomic mass is 16.2. The van der Waals surface area contributed by atoms with Crippen molar-refractivity contribution in [1.29, 1.82) is 0 Å². The lowest BCUT2D eigenvalue weighted by molar-refractivity contribution is -0.119. The van der Waals surface area contributed by atoms with E-state index in [1.54, 1.807) is 43.3 Å². The summed E-state index contributed by atoms with van der Waals surface area (Å²) in [6, 6.07) is 11.8. The minimum atomic E-state index is -1.05. The highest BCUT2D eigenvalue weighted by molar-refractivity contribution is 6.03. The van der Waals surface area contributed by atoms with Crippen LogP contribution in [0.4, 0.5) is 5.69 Å². The van der Waals surface area contributed by atoms with Gasteiger partial charge in [0.1, 0.15) is 6.04 Å². The van der Waals surface area contributed by atoms with Crippen molar-refractivity contribution in [3.63, 3.8) is 0 Å². The van der Waals surface area contributed by atoms with Gasteiger partial charge in [0, 0.05) is 0 Å². The number of hydrogen-bond acceptors (Lipinski definition) is 4. The maximum Gasteiger partial charge on any atom is 0.329 e. The Labute approximate surface area is 153 Å². The van der Waals surface area contributed by atoms with Gasteiger partial charge in [-0.15, -0.1) is 0 Å². The minimum absolute atomic E-state index is 0.139. The molecule has 4 N–H and O–H groups in total. The van der Waals surface area contributed by atoms with E-state index < -0.39 is 29.1 Å². The topological polar surface area (TPSA) is 127 Å². The summed E-state index contributed by atoms with van der Waals surface area (Å²) in [6.45, 7) is 1.69. The number of anilines is 1.